The third kappa shape index (κ3) is 2.75. The zero-order valence-electron chi connectivity index (χ0n) is 15.2. The third-order valence-corrected chi connectivity index (χ3v) is 8.65. The molecule has 0 N–H and O–H groups in total. The number of hydrogen-bond donors (Lipinski definition) is 0. The van der Waals surface area contributed by atoms with E-state index in [0.29, 0.717) is 0 Å². The molecule has 0 aliphatic carbocycles. The van der Waals surface area contributed by atoms with Crippen molar-refractivity contribution in [2.24, 2.45) is 15.8 Å². The summed E-state index contributed by atoms with van der Waals surface area (Å²) in [5.41, 5.74) is 12.8. The number of benzene rings is 2. The van der Waals surface area contributed by atoms with Gasteiger partial charge in [0.15, 0.2) is 0 Å². The number of nitrogens with zero attached hydrogens (tertiary/aromatic N) is 8. The van der Waals surface area contributed by atoms with Gasteiger partial charge in [-0.15, -0.1) is 0 Å². The van der Waals surface area contributed by atoms with Gasteiger partial charge >= 0.3 is 183 Å². The minimum absolute atomic E-state index is 0.0279. The summed E-state index contributed by atoms with van der Waals surface area (Å²) < 4.78 is 35.2. The van der Waals surface area contributed by atoms with Crippen molar-refractivity contribution in [3.8, 4) is 0 Å². The van der Waals surface area contributed by atoms with E-state index in [1.807, 2.05) is 13.8 Å². The summed E-state index contributed by atoms with van der Waals surface area (Å²) in [5, 5.41) is 0. The zero-order valence-corrected chi connectivity index (χ0v) is 21.2. The zero-order chi connectivity index (χ0) is 19.4. The molecule has 2 aromatic heterocycles. The van der Waals surface area contributed by atoms with Crippen LogP contribution in [0.15, 0.2) is 15.8 Å². The van der Waals surface area contributed by atoms with E-state index < -0.39 is 0 Å². The summed E-state index contributed by atoms with van der Waals surface area (Å²) in [4.78, 5) is 0. The third-order valence-electron chi connectivity index (χ3n) is 4.80. The predicted molar refractivity (Wildman–Crippen MR) is 113 cm³/mol. The first-order valence-electron chi connectivity index (χ1n) is 8.25. The fourth-order valence-corrected chi connectivity index (χ4v) is 7.92. The van der Waals surface area contributed by atoms with Gasteiger partial charge in [0.1, 0.15) is 0 Å². The molecule has 140 valence electrons. The first-order chi connectivity index (χ1) is 13.6. The molecule has 12 heteroatoms. The Kier molecular flexibility index (Phi) is 4.75. The molecule has 4 heterocycles. The Balaban J connectivity index is 0.000000122. The van der Waals surface area contributed by atoms with Gasteiger partial charge in [0.2, 0.25) is 0 Å². The van der Waals surface area contributed by atoms with Crippen LogP contribution in [0.1, 0.15) is 22.3 Å². The second kappa shape index (κ2) is 7.14. The summed E-state index contributed by atoms with van der Waals surface area (Å²) in [5.74, 6) is 0. The minimum atomic E-state index is 0.0279. The van der Waals surface area contributed by atoms with Crippen LogP contribution < -0.4 is 0 Å². The molecule has 2 aliphatic heterocycles. The molecule has 4 aromatic rings. The van der Waals surface area contributed by atoms with Gasteiger partial charge in [-0.1, -0.05) is 0 Å². The molecule has 28 heavy (non-hydrogen) atoms. The summed E-state index contributed by atoms with van der Waals surface area (Å²) in [6.45, 7) is 8.22. The van der Waals surface area contributed by atoms with Crippen LogP contribution in [0.25, 0.3) is 22.1 Å². The first kappa shape index (κ1) is 18.6. The molecule has 0 bridgehead atoms. The molecule has 8 nitrogen and oxygen atoms in total. The second-order valence-electron chi connectivity index (χ2n) is 6.35. The Labute approximate surface area is 182 Å². The molecular formula is C16H12N8SSe3. The molecule has 0 atom stereocenters. The van der Waals surface area contributed by atoms with Crippen molar-refractivity contribution in [3.05, 3.63) is 22.3 Å². The molecule has 2 aromatic carbocycles. The number of hydrogen-bond acceptors (Lipinski definition) is 9. The van der Waals surface area contributed by atoms with Gasteiger partial charge in [-0.25, -0.2) is 0 Å². The Bertz CT molecular complexity index is 1230. The molecule has 0 saturated carbocycles. The van der Waals surface area contributed by atoms with Gasteiger partial charge in [0, 0.05) is 0 Å². The SMILES string of the molecule is Cc1c2c(c(C)c3n[se]nc13)N=[Se]=N2.Cc1c2c(c(C)c3nsnc13)N=[Se]=N2. The summed E-state index contributed by atoms with van der Waals surface area (Å²) in [7, 11) is 0. The van der Waals surface area contributed by atoms with Crippen molar-refractivity contribution in [1.29, 1.82) is 0 Å². The van der Waals surface area contributed by atoms with Crippen molar-refractivity contribution in [2.45, 2.75) is 27.7 Å². The van der Waals surface area contributed by atoms with Crippen LogP contribution in [0.2, 0.25) is 0 Å². The molecule has 0 amide bonds. The van der Waals surface area contributed by atoms with Crippen LogP contribution >= 0.6 is 11.7 Å². The molecule has 0 saturated heterocycles. The van der Waals surface area contributed by atoms with Crippen molar-refractivity contribution < 1.29 is 0 Å². The van der Waals surface area contributed by atoms with Crippen LogP contribution in [-0.4, -0.2) is 60.8 Å². The van der Waals surface area contributed by atoms with Crippen LogP contribution in [0, 0.1) is 27.7 Å². The Morgan fingerprint density at radius 1 is 0.536 bits per heavy atom. The van der Waals surface area contributed by atoms with Gasteiger partial charge in [-0.05, 0) is 0 Å². The van der Waals surface area contributed by atoms with E-state index in [2.05, 4.69) is 46.4 Å². The Morgan fingerprint density at radius 3 is 1.29 bits per heavy atom. The topological polar surface area (TPSA) is 101 Å². The molecule has 0 radical (unpaired) electrons. The van der Waals surface area contributed by atoms with Crippen molar-refractivity contribution in [3.63, 3.8) is 0 Å². The molecular weight excluding hydrogens is 573 g/mol. The normalized spacial score (nSPS) is 13.3. The standard InChI is InChI=1S/C8H6N4SSe.C8H6N4Se2/c1-3-5-6(10-13-9-5)4(2)8-7(3)11-14-12-8;1-3-5-7(11-13-9-5)4(2)8-6(3)10-14-12-8/h2*1-2H3. The fraction of sp³-hybridized carbons (Fsp3) is 0.250. The first-order valence-corrected chi connectivity index (χ1v) is 13.6. The van der Waals surface area contributed by atoms with E-state index in [1.165, 1.54) is 11.7 Å². The van der Waals surface area contributed by atoms with Crippen LogP contribution in [0.3, 0.4) is 0 Å². The van der Waals surface area contributed by atoms with Gasteiger partial charge in [0.25, 0.3) is 0 Å². The van der Waals surface area contributed by atoms with Crippen molar-refractivity contribution in [2.75, 3.05) is 0 Å². The van der Waals surface area contributed by atoms with E-state index in [4.69, 9.17) is 0 Å². The van der Waals surface area contributed by atoms with Crippen LogP contribution in [0.5, 0.6) is 0 Å². The monoisotopic (exact) mass is 588 g/mol. The van der Waals surface area contributed by atoms with Crippen LogP contribution in [0.4, 0.5) is 22.7 Å². The van der Waals surface area contributed by atoms with E-state index in [-0.39, 0.29) is 44.1 Å². The summed E-state index contributed by atoms with van der Waals surface area (Å²) in [6.07, 6.45) is 0. The van der Waals surface area contributed by atoms with E-state index in [0.717, 1.165) is 67.1 Å². The van der Waals surface area contributed by atoms with Crippen molar-refractivity contribution >= 4 is 101 Å². The number of aromatic nitrogens is 4. The fourth-order valence-electron chi connectivity index (χ4n) is 3.17. The quantitative estimate of drug-likeness (QED) is 0.248. The molecule has 0 spiro atoms. The summed E-state index contributed by atoms with van der Waals surface area (Å²) >= 11 is 1.36. The Hall–Kier alpha value is -1.38. The number of fused-ring (bicyclic) bond motifs is 4. The van der Waals surface area contributed by atoms with Gasteiger partial charge in [-0.3, -0.25) is 0 Å². The second-order valence-corrected chi connectivity index (χ2v) is 10.2. The van der Waals surface area contributed by atoms with Gasteiger partial charge in [0.05, 0.1) is 0 Å². The van der Waals surface area contributed by atoms with E-state index in [1.54, 1.807) is 0 Å². The molecule has 6 rings (SSSR count). The van der Waals surface area contributed by atoms with Crippen LogP contribution in [-0.2, 0) is 0 Å². The number of aryl methyl sites for hydroxylation is 4. The Morgan fingerprint density at radius 2 is 0.893 bits per heavy atom. The van der Waals surface area contributed by atoms with Gasteiger partial charge < -0.3 is 0 Å². The maximum absolute atomic E-state index is 4.44. The van der Waals surface area contributed by atoms with E-state index in [9.17, 15) is 0 Å². The average Bonchev–Trinajstić information content (AvgIpc) is 3.49. The maximum atomic E-state index is 4.44. The summed E-state index contributed by atoms with van der Waals surface area (Å²) in [6, 6.07) is 0. The van der Waals surface area contributed by atoms with Crippen molar-refractivity contribution in [1.82, 2.24) is 16.7 Å². The van der Waals surface area contributed by atoms with Gasteiger partial charge in [-0.2, -0.15) is 0 Å². The molecule has 2 aliphatic rings. The number of rotatable bonds is 0. The molecule has 0 unspecified atom stereocenters. The predicted octanol–water partition coefficient (Wildman–Crippen LogP) is 4.31. The average molecular weight is 585 g/mol. The van der Waals surface area contributed by atoms with E-state index >= 15 is 0 Å². The molecule has 0 fully saturated rings.